The Balaban J connectivity index is 2.79. The van der Waals surface area contributed by atoms with Gasteiger partial charge in [0.1, 0.15) is 7.40 Å². The third-order valence-corrected chi connectivity index (χ3v) is 4.47. The van der Waals surface area contributed by atoms with Crippen LogP contribution >= 0.6 is 45.2 Å². The van der Waals surface area contributed by atoms with Crippen molar-refractivity contribution in [3.8, 4) is 0 Å². The van der Waals surface area contributed by atoms with E-state index in [1.54, 1.807) is 13.3 Å². The zero-order valence-electron chi connectivity index (χ0n) is 7.37. The Morgan fingerprint density at radius 2 is 2.36 bits per heavy atom. The lowest BCUT2D eigenvalue weighted by Crippen LogP contribution is -2.02. The first-order valence-electron chi connectivity index (χ1n) is 3.77. The van der Waals surface area contributed by atoms with Crippen molar-refractivity contribution in [3.05, 3.63) is 25.4 Å². The van der Waals surface area contributed by atoms with Gasteiger partial charge in [-0.1, -0.05) is 0 Å². The highest BCUT2D eigenvalue weighted by Gasteiger charge is 2.05. The fourth-order valence-electron chi connectivity index (χ4n) is 0.978. The molecule has 1 aromatic rings. The van der Waals surface area contributed by atoms with Crippen molar-refractivity contribution < 1.29 is 9.90 Å². The van der Waals surface area contributed by atoms with Crippen LogP contribution < -0.4 is 0 Å². The van der Waals surface area contributed by atoms with Crippen molar-refractivity contribution >= 4 is 51.2 Å². The Morgan fingerprint density at radius 3 is 2.79 bits per heavy atom. The molecule has 1 heterocycles. The van der Waals surface area contributed by atoms with Crippen LogP contribution in [0.5, 0.6) is 0 Å². The smallest absolute Gasteiger partial charge is 0.328 e. The molecule has 0 spiro atoms. The summed E-state index contributed by atoms with van der Waals surface area (Å²) in [6.45, 7) is 2.36. The predicted molar refractivity (Wildman–Crippen MR) is 69.1 cm³/mol. The zero-order chi connectivity index (χ0) is 10.7. The molecule has 0 aliphatic rings. The lowest BCUT2D eigenvalue weighted by atomic mass is 10.3. The first kappa shape index (κ1) is 12.0. The second kappa shape index (κ2) is 5.10. The molecule has 0 bridgehead atoms. The Bertz CT molecular complexity index is 385. The van der Waals surface area contributed by atoms with Crippen molar-refractivity contribution in [2.75, 3.05) is 0 Å². The maximum atomic E-state index is 10.4. The molecule has 0 amide bonds. The number of aromatic nitrogens is 2. The summed E-state index contributed by atoms with van der Waals surface area (Å²) in [5.74, 6) is -0.910. The molecular formula is C8H8I2N2O2. The van der Waals surface area contributed by atoms with Gasteiger partial charge in [-0.15, -0.1) is 0 Å². The summed E-state index contributed by atoms with van der Waals surface area (Å²) in [5, 5.41) is 8.53. The third-order valence-electron chi connectivity index (χ3n) is 1.52. The number of imidazole rings is 1. The highest BCUT2D eigenvalue weighted by atomic mass is 127. The van der Waals surface area contributed by atoms with Gasteiger partial charge in [0.05, 0.1) is 6.33 Å². The molecule has 0 aliphatic heterocycles. The molecule has 0 saturated carbocycles. The maximum absolute atomic E-state index is 10.4. The lowest BCUT2D eigenvalue weighted by molar-refractivity contribution is -0.131. The molecule has 0 atom stereocenters. The Kier molecular flexibility index (Phi) is 4.35. The maximum Gasteiger partial charge on any atom is 0.328 e. The topological polar surface area (TPSA) is 55.1 Å². The van der Waals surface area contributed by atoms with Crippen molar-refractivity contribution in [2.24, 2.45) is 0 Å². The molecule has 4 nitrogen and oxygen atoms in total. The number of rotatable bonds is 3. The predicted octanol–water partition coefficient (Wildman–Crippen LogP) is 2.12. The van der Waals surface area contributed by atoms with Crippen molar-refractivity contribution in [1.29, 1.82) is 0 Å². The average Bonchev–Trinajstić information content (AvgIpc) is 2.34. The van der Waals surface area contributed by atoms with Crippen LogP contribution in [0, 0.1) is 7.40 Å². The van der Waals surface area contributed by atoms with Crippen LogP contribution in [0.4, 0.5) is 0 Å². The van der Waals surface area contributed by atoms with Gasteiger partial charge in [0.25, 0.3) is 0 Å². The largest absolute Gasteiger partial charge is 0.478 e. The highest BCUT2D eigenvalue weighted by Crippen LogP contribution is 2.14. The number of carboxylic acids is 1. The van der Waals surface area contributed by atoms with Crippen LogP contribution in [0.25, 0.3) is 0 Å². The second-order valence-electron chi connectivity index (χ2n) is 2.78. The van der Waals surface area contributed by atoms with E-state index in [9.17, 15) is 4.79 Å². The van der Waals surface area contributed by atoms with Gasteiger partial charge in [0.15, 0.2) is 0 Å². The number of carboxylic acid groups (broad SMARTS) is 1. The fraction of sp³-hybridized carbons (Fsp3) is 0.250. The minimum absolute atomic E-state index is 0.570. The number of carbonyl (C=O) groups is 1. The van der Waals surface area contributed by atoms with E-state index in [0.717, 1.165) is 13.0 Å². The summed E-state index contributed by atoms with van der Waals surface area (Å²) in [4.78, 5) is 14.5. The summed E-state index contributed by atoms with van der Waals surface area (Å²) in [6, 6.07) is 0. The van der Waals surface area contributed by atoms with E-state index in [-0.39, 0.29) is 0 Å². The van der Waals surface area contributed by atoms with Crippen LogP contribution in [0.15, 0.2) is 18.0 Å². The SMILES string of the molecule is C/C(=C\C(=O)O)Cn1cnc(I)c1I. The molecule has 0 aromatic carbocycles. The van der Waals surface area contributed by atoms with Gasteiger partial charge in [-0.25, -0.2) is 9.78 Å². The van der Waals surface area contributed by atoms with E-state index < -0.39 is 5.97 Å². The molecule has 6 heteroatoms. The summed E-state index contributed by atoms with van der Waals surface area (Å²) >= 11 is 4.33. The molecular weight excluding hydrogens is 410 g/mol. The van der Waals surface area contributed by atoms with Gasteiger partial charge >= 0.3 is 5.97 Å². The number of allylic oxidation sites excluding steroid dienone is 1. The first-order chi connectivity index (χ1) is 6.50. The Labute approximate surface area is 109 Å². The van der Waals surface area contributed by atoms with Crippen LogP contribution in [0.3, 0.4) is 0 Å². The van der Waals surface area contributed by atoms with Crippen LogP contribution in [-0.4, -0.2) is 20.6 Å². The monoisotopic (exact) mass is 418 g/mol. The van der Waals surface area contributed by atoms with Crippen molar-refractivity contribution in [2.45, 2.75) is 13.5 Å². The molecule has 0 aliphatic carbocycles. The molecule has 14 heavy (non-hydrogen) atoms. The molecule has 0 fully saturated rings. The number of halogens is 2. The number of nitrogens with zero attached hydrogens (tertiary/aromatic N) is 2. The molecule has 0 unspecified atom stereocenters. The van der Waals surface area contributed by atoms with Crippen molar-refractivity contribution in [3.63, 3.8) is 0 Å². The standard InChI is InChI=1S/C8H8I2N2O2/c1-5(2-6(13)14)3-12-4-11-7(9)8(12)10/h2,4H,3H2,1H3,(H,13,14)/b5-2+. The Morgan fingerprint density at radius 1 is 1.71 bits per heavy atom. The van der Waals surface area contributed by atoms with E-state index in [1.165, 1.54) is 6.08 Å². The van der Waals surface area contributed by atoms with Gasteiger partial charge in [-0.2, -0.15) is 0 Å². The van der Waals surface area contributed by atoms with Gasteiger partial charge in [-0.05, 0) is 57.7 Å². The summed E-state index contributed by atoms with van der Waals surface area (Å²) < 4.78 is 3.88. The fourth-order valence-corrected chi connectivity index (χ4v) is 1.85. The van der Waals surface area contributed by atoms with E-state index >= 15 is 0 Å². The van der Waals surface area contributed by atoms with E-state index in [4.69, 9.17) is 5.11 Å². The third kappa shape index (κ3) is 3.23. The zero-order valence-corrected chi connectivity index (χ0v) is 11.7. The van der Waals surface area contributed by atoms with Gasteiger partial charge in [0, 0.05) is 12.6 Å². The van der Waals surface area contributed by atoms with E-state index in [0.29, 0.717) is 6.54 Å². The van der Waals surface area contributed by atoms with E-state index in [1.807, 2.05) is 4.57 Å². The highest BCUT2D eigenvalue weighted by molar-refractivity contribution is 14.1. The number of hydrogen-bond donors (Lipinski definition) is 1. The summed E-state index contributed by atoms with van der Waals surface area (Å²) in [7, 11) is 0. The molecule has 76 valence electrons. The van der Waals surface area contributed by atoms with Crippen LogP contribution in [0.2, 0.25) is 0 Å². The molecule has 1 aromatic heterocycles. The second-order valence-corrected chi connectivity index (χ2v) is 4.83. The normalized spacial score (nSPS) is 11.8. The first-order valence-corrected chi connectivity index (χ1v) is 5.92. The van der Waals surface area contributed by atoms with Gasteiger partial charge in [0.2, 0.25) is 0 Å². The quantitative estimate of drug-likeness (QED) is 0.605. The van der Waals surface area contributed by atoms with Crippen LogP contribution in [0.1, 0.15) is 6.92 Å². The Hall–Kier alpha value is -0.120. The minimum atomic E-state index is -0.910. The lowest BCUT2D eigenvalue weighted by Gasteiger charge is -2.03. The van der Waals surface area contributed by atoms with Crippen molar-refractivity contribution in [1.82, 2.24) is 9.55 Å². The van der Waals surface area contributed by atoms with Crippen LogP contribution in [-0.2, 0) is 11.3 Å². The molecule has 1 N–H and O–H groups in total. The number of aliphatic carboxylic acids is 1. The molecule has 0 radical (unpaired) electrons. The van der Waals surface area contributed by atoms with E-state index in [2.05, 4.69) is 50.2 Å². The summed E-state index contributed by atoms with van der Waals surface area (Å²) in [5.41, 5.74) is 0.796. The molecule has 0 saturated heterocycles. The number of hydrogen-bond acceptors (Lipinski definition) is 2. The van der Waals surface area contributed by atoms with Gasteiger partial charge < -0.3 is 9.67 Å². The summed E-state index contributed by atoms with van der Waals surface area (Å²) in [6.07, 6.45) is 2.92. The molecule has 1 rings (SSSR count). The minimum Gasteiger partial charge on any atom is -0.478 e. The van der Waals surface area contributed by atoms with Gasteiger partial charge in [-0.3, -0.25) is 0 Å². The average molecular weight is 418 g/mol.